The molecule has 1 aromatic heterocycles. The van der Waals surface area contributed by atoms with Crippen LogP contribution < -0.4 is 10.2 Å². The Morgan fingerprint density at radius 1 is 1.32 bits per heavy atom. The van der Waals surface area contributed by atoms with Gasteiger partial charge in [-0.05, 0) is 38.2 Å². The lowest BCUT2D eigenvalue weighted by Gasteiger charge is -2.36. The lowest BCUT2D eigenvalue weighted by molar-refractivity contribution is -0.122. The van der Waals surface area contributed by atoms with Crippen LogP contribution in [0.2, 0.25) is 0 Å². The quantitative estimate of drug-likeness (QED) is 0.895. The van der Waals surface area contributed by atoms with Gasteiger partial charge in [0.2, 0.25) is 5.91 Å². The minimum Gasteiger partial charge on any atom is -0.369 e. The average molecular weight is 345 g/mol. The maximum Gasteiger partial charge on any atom is 0.242 e. The maximum atomic E-state index is 13.8. The Morgan fingerprint density at radius 2 is 2.08 bits per heavy atom. The first kappa shape index (κ1) is 17.4. The fourth-order valence-electron chi connectivity index (χ4n) is 3.11. The second-order valence-corrected chi connectivity index (χ2v) is 6.49. The van der Waals surface area contributed by atoms with Gasteiger partial charge in [0.15, 0.2) is 0 Å². The molecule has 1 amide bonds. The van der Waals surface area contributed by atoms with Crippen LogP contribution in [0.15, 0.2) is 36.7 Å². The van der Waals surface area contributed by atoms with Gasteiger partial charge in [-0.25, -0.2) is 4.39 Å². The van der Waals surface area contributed by atoms with Crippen LogP contribution in [0.25, 0.3) is 0 Å². The van der Waals surface area contributed by atoms with E-state index in [2.05, 4.69) is 27.3 Å². The first-order chi connectivity index (χ1) is 12.0. The molecule has 0 saturated carbocycles. The van der Waals surface area contributed by atoms with E-state index in [-0.39, 0.29) is 24.3 Å². The van der Waals surface area contributed by atoms with Crippen LogP contribution in [-0.4, -0.2) is 53.8 Å². The molecular formula is C18H24FN5O. The second kappa shape index (κ2) is 7.65. The van der Waals surface area contributed by atoms with Crippen LogP contribution in [0, 0.1) is 5.82 Å². The van der Waals surface area contributed by atoms with Crippen LogP contribution in [0.1, 0.15) is 18.5 Å². The molecule has 7 heteroatoms. The molecule has 1 unspecified atom stereocenters. The fourth-order valence-corrected chi connectivity index (χ4v) is 3.11. The monoisotopic (exact) mass is 345 g/mol. The van der Waals surface area contributed by atoms with Gasteiger partial charge in [0, 0.05) is 49.8 Å². The highest BCUT2D eigenvalue weighted by molar-refractivity contribution is 5.76. The van der Waals surface area contributed by atoms with Crippen molar-refractivity contribution in [3.63, 3.8) is 0 Å². The molecule has 1 aliphatic heterocycles. The number of nitrogens with zero attached hydrogens (tertiary/aromatic N) is 4. The van der Waals surface area contributed by atoms with E-state index >= 15 is 0 Å². The molecule has 0 aliphatic carbocycles. The molecule has 134 valence electrons. The highest BCUT2D eigenvalue weighted by Crippen LogP contribution is 2.28. The number of carbonyl (C=O) groups is 1. The molecule has 1 atom stereocenters. The highest BCUT2D eigenvalue weighted by atomic mass is 19.1. The zero-order valence-corrected chi connectivity index (χ0v) is 14.7. The number of anilines is 1. The van der Waals surface area contributed by atoms with Crippen molar-refractivity contribution in [1.82, 2.24) is 20.0 Å². The number of rotatable bonds is 5. The zero-order chi connectivity index (χ0) is 17.8. The lowest BCUT2D eigenvalue weighted by atomic mass is 10.0. The summed E-state index contributed by atoms with van der Waals surface area (Å²) in [6.45, 7) is 5.76. The molecule has 1 fully saturated rings. The van der Waals surface area contributed by atoms with Crippen molar-refractivity contribution in [1.29, 1.82) is 0 Å². The average Bonchev–Trinajstić information content (AvgIpc) is 3.08. The van der Waals surface area contributed by atoms with E-state index in [4.69, 9.17) is 0 Å². The number of hydrogen-bond acceptors (Lipinski definition) is 4. The molecule has 2 aromatic rings. The summed E-state index contributed by atoms with van der Waals surface area (Å²) in [5, 5.41) is 6.98. The van der Waals surface area contributed by atoms with Gasteiger partial charge in [-0.1, -0.05) is 0 Å². The predicted molar refractivity (Wildman–Crippen MR) is 94.9 cm³/mol. The first-order valence-corrected chi connectivity index (χ1v) is 8.52. The third-order valence-corrected chi connectivity index (χ3v) is 4.54. The van der Waals surface area contributed by atoms with Crippen molar-refractivity contribution < 1.29 is 9.18 Å². The van der Waals surface area contributed by atoms with Crippen molar-refractivity contribution in [2.24, 2.45) is 0 Å². The van der Waals surface area contributed by atoms with E-state index in [1.165, 1.54) is 12.1 Å². The number of aromatic nitrogens is 2. The summed E-state index contributed by atoms with van der Waals surface area (Å²) in [5.74, 6) is -0.439. The number of amides is 1. The van der Waals surface area contributed by atoms with Gasteiger partial charge in [0.25, 0.3) is 0 Å². The number of nitrogens with one attached hydrogen (secondary N) is 1. The summed E-state index contributed by atoms with van der Waals surface area (Å²) < 4.78 is 15.4. The van der Waals surface area contributed by atoms with Crippen LogP contribution in [-0.2, 0) is 11.3 Å². The third kappa shape index (κ3) is 4.36. The standard InChI is InChI=1S/C18H24FN5O/c1-14(21-18(25)13-24-7-3-6-20-24)16-12-15(19)4-5-17(16)23-10-8-22(2)9-11-23/h3-7,12,14H,8-11,13H2,1-2H3,(H,21,25). The van der Waals surface area contributed by atoms with E-state index in [1.54, 1.807) is 23.1 Å². The fraction of sp³-hybridized carbons (Fsp3) is 0.444. The highest BCUT2D eigenvalue weighted by Gasteiger charge is 2.21. The van der Waals surface area contributed by atoms with Gasteiger partial charge < -0.3 is 15.1 Å². The Bertz CT molecular complexity index is 710. The number of piperazine rings is 1. The number of halogens is 1. The summed E-state index contributed by atoms with van der Waals surface area (Å²) in [4.78, 5) is 16.8. The van der Waals surface area contributed by atoms with Gasteiger partial charge in [-0.2, -0.15) is 5.10 Å². The molecule has 1 aliphatic rings. The summed E-state index contributed by atoms with van der Waals surface area (Å²) in [7, 11) is 2.10. The van der Waals surface area contributed by atoms with Crippen LogP contribution in [0.5, 0.6) is 0 Å². The molecule has 3 rings (SSSR count). The summed E-state index contributed by atoms with van der Waals surface area (Å²) in [6.07, 6.45) is 3.37. The lowest BCUT2D eigenvalue weighted by Crippen LogP contribution is -2.45. The van der Waals surface area contributed by atoms with Crippen molar-refractivity contribution in [2.45, 2.75) is 19.5 Å². The molecule has 6 nitrogen and oxygen atoms in total. The van der Waals surface area contributed by atoms with Gasteiger partial charge in [0.1, 0.15) is 12.4 Å². The SMILES string of the molecule is CC(NC(=O)Cn1cccn1)c1cc(F)ccc1N1CCN(C)CC1. The van der Waals surface area contributed by atoms with Crippen LogP contribution in [0.3, 0.4) is 0 Å². The second-order valence-electron chi connectivity index (χ2n) is 6.49. The Hall–Kier alpha value is -2.41. The normalized spacial score (nSPS) is 16.7. The van der Waals surface area contributed by atoms with Gasteiger partial charge in [-0.15, -0.1) is 0 Å². The molecule has 25 heavy (non-hydrogen) atoms. The summed E-state index contributed by atoms with van der Waals surface area (Å²) in [5.41, 5.74) is 1.79. The molecule has 1 N–H and O–H groups in total. The minimum atomic E-state index is -0.291. The Balaban J connectivity index is 1.73. The van der Waals surface area contributed by atoms with E-state index in [1.807, 2.05) is 13.0 Å². The molecule has 1 saturated heterocycles. The van der Waals surface area contributed by atoms with E-state index in [0.717, 1.165) is 37.4 Å². The van der Waals surface area contributed by atoms with Crippen molar-refractivity contribution in [2.75, 3.05) is 38.1 Å². The summed E-state index contributed by atoms with van der Waals surface area (Å²) in [6, 6.07) is 6.30. The third-order valence-electron chi connectivity index (χ3n) is 4.54. The number of carbonyl (C=O) groups excluding carboxylic acids is 1. The molecule has 2 heterocycles. The van der Waals surface area contributed by atoms with E-state index < -0.39 is 0 Å². The van der Waals surface area contributed by atoms with Crippen LogP contribution in [0.4, 0.5) is 10.1 Å². The molecule has 0 radical (unpaired) electrons. The number of hydrogen-bond donors (Lipinski definition) is 1. The largest absolute Gasteiger partial charge is 0.369 e. The molecule has 1 aromatic carbocycles. The molecule has 0 bridgehead atoms. The number of benzene rings is 1. The molecule has 0 spiro atoms. The molecular weight excluding hydrogens is 321 g/mol. The van der Waals surface area contributed by atoms with Gasteiger partial charge >= 0.3 is 0 Å². The van der Waals surface area contributed by atoms with Crippen molar-refractivity contribution in [3.8, 4) is 0 Å². The zero-order valence-electron chi connectivity index (χ0n) is 14.7. The van der Waals surface area contributed by atoms with E-state index in [0.29, 0.717) is 0 Å². The van der Waals surface area contributed by atoms with Crippen molar-refractivity contribution >= 4 is 11.6 Å². The van der Waals surface area contributed by atoms with Crippen molar-refractivity contribution in [3.05, 3.63) is 48.0 Å². The predicted octanol–water partition coefficient (Wildman–Crippen LogP) is 1.65. The van der Waals surface area contributed by atoms with Crippen LogP contribution >= 0.6 is 0 Å². The first-order valence-electron chi connectivity index (χ1n) is 8.52. The Labute approximate surface area is 147 Å². The topological polar surface area (TPSA) is 53.4 Å². The summed E-state index contributed by atoms with van der Waals surface area (Å²) >= 11 is 0. The minimum absolute atomic E-state index is 0.148. The van der Waals surface area contributed by atoms with E-state index in [9.17, 15) is 9.18 Å². The number of likely N-dealkylation sites (N-methyl/N-ethyl adjacent to an activating group) is 1. The maximum absolute atomic E-state index is 13.8. The Morgan fingerprint density at radius 3 is 2.76 bits per heavy atom. The van der Waals surface area contributed by atoms with Gasteiger partial charge in [0.05, 0.1) is 6.04 Å². The Kier molecular flexibility index (Phi) is 5.33. The smallest absolute Gasteiger partial charge is 0.242 e. The van der Waals surface area contributed by atoms with Gasteiger partial charge in [-0.3, -0.25) is 9.48 Å².